The number of carbonyl (C=O) groups is 1. The summed E-state index contributed by atoms with van der Waals surface area (Å²) in [5, 5.41) is 21.8. The normalized spacial score (nSPS) is 14.5. The molecule has 0 saturated heterocycles. The first-order valence-electron chi connectivity index (χ1n) is 9.15. The quantitative estimate of drug-likeness (QED) is 0.377. The maximum absolute atomic E-state index is 13.2. The van der Waals surface area contributed by atoms with Gasteiger partial charge in [-0.1, -0.05) is 71.7 Å². The average Bonchev–Trinajstić information content (AvgIpc) is 3.06. The number of esters is 1. The Bertz CT molecular complexity index is 1300. The van der Waals surface area contributed by atoms with Crippen molar-refractivity contribution in [1.82, 2.24) is 0 Å². The van der Waals surface area contributed by atoms with Gasteiger partial charge in [0, 0.05) is 16.7 Å². The van der Waals surface area contributed by atoms with Crippen LogP contribution >= 0.6 is 23.2 Å². The molecule has 0 spiro atoms. The Balaban J connectivity index is 1.90. The fourth-order valence-electron chi connectivity index (χ4n) is 4.08. The van der Waals surface area contributed by atoms with Crippen LogP contribution in [0, 0.1) is 0 Å². The van der Waals surface area contributed by atoms with Crippen molar-refractivity contribution in [2.75, 3.05) is 0 Å². The summed E-state index contributed by atoms with van der Waals surface area (Å²) in [6.45, 7) is 0. The molecular formula is C24H14Cl2O4. The van der Waals surface area contributed by atoms with Gasteiger partial charge in [-0.05, 0) is 35.0 Å². The van der Waals surface area contributed by atoms with Gasteiger partial charge in [0.15, 0.2) is 5.60 Å². The van der Waals surface area contributed by atoms with Crippen molar-refractivity contribution in [3.05, 3.63) is 105 Å². The van der Waals surface area contributed by atoms with Gasteiger partial charge in [-0.25, -0.2) is 4.79 Å². The van der Waals surface area contributed by atoms with E-state index in [0.717, 1.165) is 10.8 Å². The zero-order valence-corrected chi connectivity index (χ0v) is 16.9. The van der Waals surface area contributed by atoms with Crippen molar-refractivity contribution in [3.8, 4) is 11.5 Å². The highest BCUT2D eigenvalue weighted by Gasteiger charge is 2.49. The van der Waals surface area contributed by atoms with Crippen LogP contribution in [0.4, 0.5) is 0 Å². The SMILES string of the molecule is O=C1OC(c2ccc(O)c(Cl)c2)(c2ccc(O)c(Cl)c2)c2ccc3ccccc3c21. The number of phenols is 2. The summed E-state index contributed by atoms with van der Waals surface area (Å²) >= 11 is 12.4. The maximum Gasteiger partial charge on any atom is 0.340 e. The Labute approximate surface area is 181 Å². The van der Waals surface area contributed by atoms with Crippen molar-refractivity contribution in [2.45, 2.75) is 5.60 Å². The molecular weight excluding hydrogens is 423 g/mol. The number of benzene rings is 4. The third-order valence-corrected chi connectivity index (χ3v) is 6.07. The van der Waals surface area contributed by atoms with Crippen LogP contribution in [0.2, 0.25) is 10.0 Å². The van der Waals surface area contributed by atoms with Crippen molar-refractivity contribution in [3.63, 3.8) is 0 Å². The van der Waals surface area contributed by atoms with Gasteiger partial charge in [0.25, 0.3) is 0 Å². The van der Waals surface area contributed by atoms with Gasteiger partial charge in [-0.15, -0.1) is 0 Å². The smallest absolute Gasteiger partial charge is 0.340 e. The molecule has 4 nitrogen and oxygen atoms in total. The van der Waals surface area contributed by atoms with E-state index in [1.165, 1.54) is 12.1 Å². The van der Waals surface area contributed by atoms with Gasteiger partial charge in [0.2, 0.25) is 0 Å². The molecule has 1 aliphatic heterocycles. The summed E-state index contributed by atoms with van der Waals surface area (Å²) in [5.41, 5.74) is 0.852. The van der Waals surface area contributed by atoms with Gasteiger partial charge in [0.05, 0.1) is 15.6 Å². The molecule has 4 aromatic rings. The lowest BCUT2D eigenvalue weighted by atomic mass is 9.79. The van der Waals surface area contributed by atoms with Crippen LogP contribution in [0.25, 0.3) is 10.8 Å². The second kappa shape index (κ2) is 6.66. The Kier molecular flexibility index (Phi) is 4.17. The highest BCUT2D eigenvalue weighted by atomic mass is 35.5. The molecule has 6 heteroatoms. The Hall–Kier alpha value is -3.21. The van der Waals surface area contributed by atoms with Gasteiger partial charge < -0.3 is 14.9 Å². The van der Waals surface area contributed by atoms with Crippen LogP contribution in [-0.4, -0.2) is 16.2 Å². The number of hydrogen-bond donors (Lipinski definition) is 2. The Morgan fingerprint density at radius 1 is 0.767 bits per heavy atom. The molecule has 1 heterocycles. The molecule has 0 bridgehead atoms. The van der Waals surface area contributed by atoms with Crippen LogP contribution in [0.3, 0.4) is 0 Å². The molecule has 30 heavy (non-hydrogen) atoms. The number of aromatic hydroxyl groups is 2. The zero-order valence-electron chi connectivity index (χ0n) is 15.4. The van der Waals surface area contributed by atoms with E-state index in [1.54, 1.807) is 24.3 Å². The molecule has 0 fully saturated rings. The minimum Gasteiger partial charge on any atom is -0.506 e. The van der Waals surface area contributed by atoms with E-state index in [2.05, 4.69) is 0 Å². The van der Waals surface area contributed by atoms with Crippen LogP contribution < -0.4 is 0 Å². The molecule has 0 unspecified atom stereocenters. The van der Waals surface area contributed by atoms with Crippen molar-refractivity contribution in [1.29, 1.82) is 0 Å². The maximum atomic E-state index is 13.2. The van der Waals surface area contributed by atoms with E-state index < -0.39 is 11.6 Å². The van der Waals surface area contributed by atoms with E-state index in [0.29, 0.717) is 22.3 Å². The van der Waals surface area contributed by atoms with Crippen LogP contribution in [0.1, 0.15) is 27.0 Å². The van der Waals surface area contributed by atoms with Crippen LogP contribution in [0.15, 0.2) is 72.8 Å². The molecule has 0 amide bonds. The summed E-state index contributed by atoms with van der Waals surface area (Å²) in [6.07, 6.45) is 0. The number of carbonyl (C=O) groups excluding carboxylic acids is 1. The summed E-state index contributed by atoms with van der Waals surface area (Å²) in [4.78, 5) is 13.2. The number of fused-ring (bicyclic) bond motifs is 3. The Morgan fingerprint density at radius 2 is 1.37 bits per heavy atom. The molecule has 0 aromatic heterocycles. The first-order chi connectivity index (χ1) is 14.4. The minimum absolute atomic E-state index is 0.0811. The van der Waals surface area contributed by atoms with Gasteiger partial charge in [0.1, 0.15) is 11.5 Å². The summed E-state index contributed by atoms with van der Waals surface area (Å²) in [5.74, 6) is -0.639. The van der Waals surface area contributed by atoms with Crippen molar-refractivity contribution >= 4 is 39.9 Å². The summed E-state index contributed by atoms with van der Waals surface area (Å²) < 4.78 is 6.07. The number of ether oxygens (including phenoxy) is 1. The Morgan fingerprint density at radius 3 is 1.97 bits per heavy atom. The molecule has 0 atom stereocenters. The molecule has 0 radical (unpaired) electrons. The lowest BCUT2D eigenvalue weighted by Gasteiger charge is -2.30. The van der Waals surface area contributed by atoms with Crippen LogP contribution in [0.5, 0.6) is 11.5 Å². The number of rotatable bonds is 2. The lowest BCUT2D eigenvalue weighted by Crippen LogP contribution is -2.29. The third kappa shape index (κ3) is 2.58. The van der Waals surface area contributed by atoms with Crippen molar-refractivity contribution < 1.29 is 19.7 Å². The largest absolute Gasteiger partial charge is 0.506 e. The summed E-state index contributed by atoms with van der Waals surface area (Å²) in [6, 6.07) is 20.7. The molecule has 0 saturated carbocycles. The van der Waals surface area contributed by atoms with Gasteiger partial charge in [-0.3, -0.25) is 0 Å². The number of hydrogen-bond acceptors (Lipinski definition) is 4. The van der Waals surface area contributed by atoms with Crippen LogP contribution in [-0.2, 0) is 10.3 Å². The second-order valence-electron chi connectivity index (χ2n) is 7.11. The highest BCUT2D eigenvalue weighted by molar-refractivity contribution is 6.32. The number of phenolic OH excluding ortho intramolecular Hbond substituents is 2. The molecule has 1 aliphatic rings. The number of cyclic esters (lactones) is 1. The van der Waals surface area contributed by atoms with E-state index in [9.17, 15) is 15.0 Å². The topological polar surface area (TPSA) is 66.8 Å². The monoisotopic (exact) mass is 436 g/mol. The van der Waals surface area contributed by atoms with E-state index in [1.807, 2.05) is 36.4 Å². The number of halogens is 2. The first kappa shape index (κ1) is 18.8. The molecule has 0 aliphatic carbocycles. The van der Waals surface area contributed by atoms with E-state index >= 15 is 0 Å². The standard InChI is InChI=1S/C24H14Cl2O4/c25-18-11-14(6-9-20(18)27)24(15-7-10-21(28)19(26)12-15)17-8-5-13-3-1-2-4-16(13)22(17)23(29)30-24/h1-12,27-28H. The second-order valence-corrected chi connectivity index (χ2v) is 7.93. The molecule has 4 aromatic carbocycles. The fraction of sp³-hybridized carbons (Fsp3) is 0.0417. The first-order valence-corrected chi connectivity index (χ1v) is 9.91. The average molecular weight is 437 g/mol. The zero-order chi connectivity index (χ0) is 21.0. The fourth-order valence-corrected chi connectivity index (χ4v) is 4.44. The summed E-state index contributed by atoms with van der Waals surface area (Å²) in [7, 11) is 0. The molecule has 2 N–H and O–H groups in total. The highest BCUT2D eigenvalue weighted by Crippen LogP contribution is 2.50. The van der Waals surface area contributed by atoms with Gasteiger partial charge in [-0.2, -0.15) is 0 Å². The minimum atomic E-state index is -1.34. The van der Waals surface area contributed by atoms with Crippen molar-refractivity contribution in [2.24, 2.45) is 0 Å². The van der Waals surface area contributed by atoms with E-state index in [4.69, 9.17) is 27.9 Å². The third-order valence-electron chi connectivity index (χ3n) is 5.47. The predicted octanol–water partition coefficient (Wildman–Crippen LogP) is 6.02. The lowest BCUT2D eigenvalue weighted by molar-refractivity contribution is 0.0252. The molecule has 148 valence electrons. The molecule has 5 rings (SSSR count). The van der Waals surface area contributed by atoms with Gasteiger partial charge >= 0.3 is 5.97 Å². The predicted molar refractivity (Wildman–Crippen MR) is 115 cm³/mol. The van der Waals surface area contributed by atoms with E-state index in [-0.39, 0.29) is 21.5 Å².